The molecule has 2 bridgehead atoms. The third-order valence-electron chi connectivity index (χ3n) is 4.56. The number of halogens is 3. The average molecular weight is 294 g/mol. The normalized spacial score (nSPS) is 35.6. The molecule has 5 nitrogen and oxygen atoms in total. The van der Waals surface area contributed by atoms with E-state index in [1.807, 2.05) is 0 Å². The summed E-state index contributed by atoms with van der Waals surface area (Å²) < 4.78 is 38.1. The lowest BCUT2D eigenvalue weighted by Crippen LogP contribution is -2.64. The molecule has 2 saturated carbocycles. The Labute approximate surface area is 113 Å². The minimum Gasteiger partial charge on any atom is -0.481 e. The molecular weight excluding hydrogens is 277 g/mol. The minimum absolute atomic E-state index is 0.0716. The number of carboxylic acid groups (broad SMARTS) is 1. The van der Waals surface area contributed by atoms with Gasteiger partial charge in [-0.2, -0.15) is 13.2 Å². The van der Waals surface area contributed by atoms with Crippen LogP contribution in [0.25, 0.3) is 0 Å². The van der Waals surface area contributed by atoms with E-state index in [1.165, 1.54) is 0 Å². The van der Waals surface area contributed by atoms with Crippen molar-refractivity contribution in [1.82, 2.24) is 5.32 Å². The first-order valence-corrected chi connectivity index (χ1v) is 6.45. The molecule has 2 rings (SSSR count). The van der Waals surface area contributed by atoms with E-state index in [1.54, 1.807) is 0 Å². The van der Waals surface area contributed by atoms with Crippen molar-refractivity contribution < 1.29 is 27.9 Å². The highest BCUT2D eigenvalue weighted by atomic mass is 19.4. The molecule has 5 atom stereocenters. The van der Waals surface area contributed by atoms with Gasteiger partial charge in [0.1, 0.15) is 0 Å². The van der Waals surface area contributed by atoms with Gasteiger partial charge in [-0.1, -0.05) is 0 Å². The van der Waals surface area contributed by atoms with E-state index in [0.717, 1.165) is 12.8 Å². The Morgan fingerprint density at radius 1 is 1.25 bits per heavy atom. The summed E-state index contributed by atoms with van der Waals surface area (Å²) in [4.78, 5) is 23.0. The van der Waals surface area contributed by atoms with E-state index in [9.17, 15) is 27.9 Å². The summed E-state index contributed by atoms with van der Waals surface area (Å²) >= 11 is 0. The zero-order valence-corrected chi connectivity index (χ0v) is 10.9. The fraction of sp³-hybridized carbons (Fsp3) is 0.833. The zero-order chi connectivity index (χ0) is 15.3. The molecule has 20 heavy (non-hydrogen) atoms. The van der Waals surface area contributed by atoms with Gasteiger partial charge in [0.15, 0.2) is 5.54 Å². The van der Waals surface area contributed by atoms with Gasteiger partial charge in [0.05, 0.1) is 5.92 Å². The molecule has 2 aliphatic carbocycles. The Hall–Kier alpha value is -1.31. The second-order valence-corrected chi connectivity index (χ2v) is 5.90. The Morgan fingerprint density at radius 2 is 1.80 bits per heavy atom. The fourth-order valence-corrected chi connectivity index (χ4v) is 3.28. The molecule has 4 N–H and O–H groups in total. The largest absolute Gasteiger partial charge is 0.481 e. The zero-order valence-electron chi connectivity index (χ0n) is 10.9. The maximum Gasteiger partial charge on any atom is 0.415 e. The molecule has 0 heterocycles. The molecule has 2 fully saturated rings. The number of carboxylic acids is 1. The molecule has 2 aliphatic rings. The minimum atomic E-state index is -4.88. The van der Waals surface area contributed by atoms with Crippen molar-refractivity contribution in [2.45, 2.75) is 43.9 Å². The van der Waals surface area contributed by atoms with Crippen LogP contribution in [0, 0.1) is 17.8 Å². The molecule has 0 saturated heterocycles. The van der Waals surface area contributed by atoms with Gasteiger partial charge in [-0.25, -0.2) is 0 Å². The third kappa shape index (κ3) is 2.25. The topological polar surface area (TPSA) is 92.4 Å². The van der Waals surface area contributed by atoms with Crippen molar-refractivity contribution in [3.05, 3.63) is 0 Å². The SMILES string of the molecule is CC(N)(C(=O)NC1C2CCC(C2)C1C(=O)O)C(F)(F)F. The number of hydrogen-bond acceptors (Lipinski definition) is 3. The summed E-state index contributed by atoms with van der Waals surface area (Å²) in [6, 6.07) is -0.760. The van der Waals surface area contributed by atoms with E-state index in [0.29, 0.717) is 13.3 Å². The summed E-state index contributed by atoms with van der Waals surface area (Å²) in [6.07, 6.45) is -2.78. The number of alkyl halides is 3. The van der Waals surface area contributed by atoms with Crippen LogP contribution in [0.4, 0.5) is 13.2 Å². The van der Waals surface area contributed by atoms with Gasteiger partial charge in [-0.15, -0.1) is 0 Å². The van der Waals surface area contributed by atoms with Gasteiger partial charge in [0.2, 0.25) is 5.91 Å². The van der Waals surface area contributed by atoms with E-state index in [2.05, 4.69) is 5.32 Å². The number of fused-ring (bicyclic) bond motifs is 2. The Bertz CT molecular complexity index is 436. The van der Waals surface area contributed by atoms with Gasteiger partial charge in [0.25, 0.3) is 0 Å². The van der Waals surface area contributed by atoms with Crippen LogP contribution in [-0.4, -0.2) is 34.7 Å². The number of rotatable bonds is 3. The quantitative estimate of drug-likeness (QED) is 0.720. The standard InChI is InChI=1S/C12H17F3N2O3/c1-11(16,12(13,14)15)10(20)17-8-6-3-2-5(4-6)7(8)9(18)19/h5-8H,2-4,16H2,1H3,(H,17,20)(H,18,19). The van der Waals surface area contributed by atoms with Crippen molar-refractivity contribution in [3.8, 4) is 0 Å². The second-order valence-electron chi connectivity index (χ2n) is 5.90. The van der Waals surface area contributed by atoms with Crippen molar-refractivity contribution in [1.29, 1.82) is 0 Å². The summed E-state index contributed by atoms with van der Waals surface area (Å²) in [6.45, 7) is 0.589. The molecule has 114 valence electrons. The Morgan fingerprint density at radius 3 is 2.30 bits per heavy atom. The summed E-state index contributed by atoms with van der Waals surface area (Å²) in [5.74, 6) is -3.41. The number of amides is 1. The highest BCUT2D eigenvalue weighted by molar-refractivity contribution is 5.87. The predicted molar refractivity (Wildman–Crippen MR) is 62.5 cm³/mol. The number of hydrogen-bond donors (Lipinski definition) is 3. The van der Waals surface area contributed by atoms with Crippen LogP contribution in [-0.2, 0) is 9.59 Å². The molecule has 0 aromatic carbocycles. The van der Waals surface area contributed by atoms with E-state index < -0.39 is 35.6 Å². The molecule has 8 heteroatoms. The van der Waals surface area contributed by atoms with E-state index >= 15 is 0 Å². The lowest BCUT2D eigenvalue weighted by atomic mass is 9.84. The predicted octanol–water partition coefficient (Wildman–Crippen LogP) is 0.882. The monoisotopic (exact) mass is 294 g/mol. The van der Waals surface area contributed by atoms with Gasteiger partial charge in [-0.3, -0.25) is 9.59 Å². The van der Waals surface area contributed by atoms with Gasteiger partial charge < -0.3 is 16.2 Å². The number of nitrogens with two attached hydrogens (primary N) is 1. The fourth-order valence-electron chi connectivity index (χ4n) is 3.28. The molecule has 5 unspecified atom stereocenters. The van der Waals surface area contributed by atoms with E-state index in [4.69, 9.17) is 5.73 Å². The second kappa shape index (κ2) is 4.61. The first-order chi connectivity index (χ1) is 9.05. The molecule has 0 aromatic rings. The smallest absolute Gasteiger partial charge is 0.415 e. The molecule has 0 aliphatic heterocycles. The summed E-state index contributed by atoms with van der Waals surface area (Å²) in [7, 11) is 0. The van der Waals surface area contributed by atoms with E-state index in [-0.39, 0.29) is 11.8 Å². The van der Waals surface area contributed by atoms with Crippen LogP contribution in [0.2, 0.25) is 0 Å². The summed E-state index contributed by atoms with van der Waals surface area (Å²) in [5.41, 5.74) is 2.03. The van der Waals surface area contributed by atoms with Crippen molar-refractivity contribution >= 4 is 11.9 Å². The van der Waals surface area contributed by atoms with Crippen LogP contribution in [0.1, 0.15) is 26.2 Å². The molecule has 0 spiro atoms. The number of nitrogens with one attached hydrogen (secondary N) is 1. The lowest BCUT2D eigenvalue weighted by Gasteiger charge is -2.33. The van der Waals surface area contributed by atoms with Crippen LogP contribution < -0.4 is 11.1 Å². The van der Waals surface area contributed by atoms with Crippen LogP contribution in [0.3, 0.4) is 0 Å². The van der Waals surface area contributed by atoms with Gasteiger partial charge in [-0.05, 0) is 38.0 Å². The maximum atomic E-state index is 12.7. The first-order valence-electron chi connectivity index (χ1n) is 6.45. The third-order valence-corrected chi connectivity index (χ3v) is 4.56. The van der Waals surface area contributed by atoms with Crippen molar-refractivity contribution in [2.24, 2.45) is 23.5 Å². The Kier molecular flexibility index (Phi) is 3.48. The van der Waals surface area contributed by atoms with Gasteiger partial charge in [0, 0.05) is 6.04 Å². The maximum absolute atomic E-state index is 12.7. The molecule has 0 radical (unpaired) electrons. The van der Waals surface area contributed by atoms with Crippen molar-refractivity contribution in [3.63, 3.8) is 0 Å². The molecule has 0 aromatic heterocycles. The number of carbonyl (C=O) groups is 2. The molecular formula is C12H17F3N2O3. The highest BCUT2D eigenvalue weighted by Gasteiger charge is 2.57. The average Bonchev–Trinajstić information content (AvgIpc) is 2.87. The van der Waals surface area contributed by atoms with Crippen LogP contribution in [0.15, 0.2) is 0 Å². The number of aliphatic carboxylic acids is 1. The highest BCUT2D eigenvalue weighted by Crippen LogP contribution is 2.48. The lowest BCUT2D eigenvalue weighted by molar-refractivity contribution is -0.188. The Balaban J connectivity index is 2.13. The van der Waals surface area contributed by atoms with Crippen LogP contribution in [0.5, 0.6) is 0 Å². The first kappa shape index (κ1) is 15.1. The van der Waals surface area contributed by atoms with Gasteiger partial charge >= 0.3 is 12.1 Å². The number of carbonyl (C=O) groups excluding carboxylic acids is 1. The van der Waals surface area contributed by atoms with Crippen molar-refractivity contribution in [2.75, 3.05) is 0 Å². The summed E-state index contributed by atoms with van der Waals surface area (Å²) in [5, 5.41) is 11.4. The van der Waals surface area contributed by atoms with Crippen LogP contribution >= 0.6 is 0 Å². The molecule has 1 amide bonds.